The van der Waals surface area contributed by atoms with Crippen molar-refractivity contribution in [1.82, 2.24) is 25.8 Å². The van der Waals surface area contributed by atoms with Crippen LogP contribution in [0, 0.1) is 0 Å². The number of ether oxygens (including phenoxy) is 22. The first-order valence-electron chi connectivity index (χ1n) is 33.0. The van der Waals surface area contributed by atoms with Crippen LogP contribution >= 0.6 is 0 Å². The summed E-state index contributed by atoms with van der Waals surface area (Å²) in [5.41, 5.74) is 0. The summed E-state index contributed by atoms with van der Waals surface area (Å²) in [6.45, 7) is 42.5. The zero-order valence-corrected chi connectivity index (χ0v) is 56.7. The van der Waals surface area contributed by atoms with Crippen molar-refractivity contribution < 1.29 is 142 Å². The smallest absolute Gasteiger partial charge is 0.659 e. The average Bonchev–Trinajstić information content (AvgIpc) is 3.61. The quantitative estimate of drug-likeness (QED) is 0.150. The summed E-state index contributed by atoms with van der Waals surface area (Å²) in [6.07, 6.45) is 0. The van der Waals surface area contributed by atoms with E-state index in [-0.39, 0.29) is 37.7 Å². The third kappa shape index (κ3) is 75.7. The van der Waals surface area contributed by atoms with Crippen molar-refractivity contribution in [2.75, 3.05) is 395 Å². The number of rotatable bonds is 0. The van der Waals surface area contributed by atoms with Crippen LogP contribution in [0.5, 0.6) is 0 Å². The van der Waals surface area contributed by atoms with Crippen molar-refractivity contribution in [3.63, 3.8) is 0 Å². The van der Waals surface area contributed by atoms with E-state index in [1.54, 1.807) is 0 Å². The van der Waals surface area contributed by atoms with E-state index >= 15 is 0 Å². The van der Waals surface area contributed by atoms with Gasteiger partial charge in [-0.1, -0.05) is 0 Å². The van der Waals surface area contributed by atoms with Gasteiger partial charge in [-0.15, -0.1) is 26.2 Å². The molecular formula is C60H123Li2N7O22. The monoisotopic (exact) mass is 1310 g/mol. The Hall–Kier alpha value is 0.0348. The fourth-order valence-electron chi connectivity index (χ4n) is 7.74. The molecule has 6 fully saturated rings. The van der Waals surface area contributed by atoms with Gasteiger partial charge in [-0.05, 0) is 0 Å². The zero-order valence-electron chi connectivity index (χ0n) is 56.7. The molecule has 31 heteroatoms. The molecule has 2 bridgehead atoms. The van der Waals surface area contributed by atoms with Gasteiger partial charge in [0.05, 0.1) is 264 Å². The van der Waals surface area contributed by atoms with Crippen LogP contribution in [0.3, 0.4) is 0 Å². The summed E-state index contributed by atoms with van der Waals surface area (Å²) in [7, 11) is 0. The molecule has 3 N–H and O–H groups in total. The van der Waals surface area contributed by atoms with Gasteiger partial charge in [-0.25, -0.2) is 0 Å². The maximum absolute atomic E-state index is 5.67. The van der Waals surface area contributed by atoms with Crippen LogP contribution in [-0.4, -0.2) is 405 Å². The standard InChI is InChI=1S/C16H33N3O4.C12H25NO5.C12H24NO5.C10H21NO4.C10H20NO4.2Li/c1-3-18-5-9-20-13-15-22-11-7-19(4-2-17-1)8-12-23-16-14-21-10-6-18;2*1-3-14-5-7-16-9-11-18-12-10-17-8-6-15-4-2-13-1;2*1-3-12-5-7-14-9-10-15-8-6-13-4-2-11-1;;/h17H,1-16H2;13H,1-12H2;1-12H2;11H,1-10H2;1-10H2;;/q;;-1;;-1;2*+1. The van der Waals surface area contributed by atoms with Crippen molar-refractivity contribution in [3.05, 3.63) is 10.6 Å². The summed E-state index contributed by atoms with van der Waals surface area (Å²) >= 11 is 0. The van der Waals surface area contributed by atoms with E-state index in [1.165, 1.54) is 0 Å². The fourth-order valence-corrected chi connectivity index (χ4v) is 7.74. The number of nitrogens with one attached hydrogen (secondary N) is 3. The van der Waals surface area contributed by atoms with Crippen LogP contribution in [0.1, 0.15) is 0 Å². The SMILES string of the molecule is C1CN2CCOCCOCCN(CCN1)CCOCCOCC2.C1COCCOCCOCCOCCN1.C1COCCOCCOCCOCCOCCN1.C1COCCOCCOCCOCCOCC[N-]1.C1COCCOCCOCCOCC[N-]1.[Li+].[Li+]. The molecule has 0 aliphatic carbocycles. The minimum absolute atomic E-state index is 0. The van der Waals surface area contributed by atoms with Crippen molar-refractivity contribution in [2.45, 2.75) is 0 Å². The molecule has 29 nitrogen and oxygen atoms in total. The molecule has 6 aliphatic heterocycles. The van der Waals surface area contributed by atoms with E-state index in [1.807, 2.05) is 0 Å². The number of nitrogens with zero attached hydrogens (tertiary/aromatic N) is 4. The summed E-state index contributed by atoms with van der Waals surface area (Å²) in [4.78, 5) is 4.79. The fraction of sp³-hybridized carbons (Fsp3) is 1.00. The van der Waals surface area contributed by atoms with Crippen LogP contribution in [-0.2, 0) is 104 Å². The van der Waals surface area contributed by atoms with Crippen LogP contribution in [0.4, 0.5) is 0 Å². The average molecular weight is 1310 g/mol. The van der Waals surface area contributed by atoms with Gasteiger partial charge in [0, 0.05) is 105 Å². The van der Waals surface area contributed by atoms with Gasteiger partial charge in [0.2, 0.25) is 0 Å². The first kappa shape index (κ1) is 91.0. The summed E-state index contributed by atoms with van der Waals surface area (Å²) in [5, 5.41) is 18.5. The second kappa shape index (κ2) is 82.5. The van der Waals surface area contributed by atoms with Crippen LogP contribution < -0.4 is 53.7 Å². The van der Waals surface area contributed by atoms with Crippen LogP contribution in [0.15, 0.2) is 0 Å². The molecule has 0 amide bonds. The zero-order chi connectivity index (χ0) is 62.7. The van der Waals surface area contributed by atoms with Gasteiger partial charge in [0.25, 0.3) is 0 Å². The molecule has 532 valence electrons. The minimum Gasteiger partial charge on any atom is -0.659 e. The molecule has 0 aromatic heterocycles. The van der Waals surface area contributed by atoms with Crippen LogP contribution in [0.2, 0.25) is 0 Å². The molecule has 0 atom stereocenters. The van der Waals surface area contributed by atoms with Crippen molar-refractivity contribution in [1.29, 1.82) is 0 Å². The molecule has 0 saturated carbocycles. The maximum atomic E-state index is 5.67. The number of fused-ring (bicyclic) bond motifs is 6. The predicted molar refractivity (Wildman–Crippen MR) is 336 cm³/mol. The molecule has 6 heterocycles. The van der Waals surface area contributed by atoms with Gasteiger partial charge in [0.15, 0.2) is 0 Å². The molecule has 0 aromatic rings. The molecule has 0 aromatic carbocycles. The topological polar surface area (TPSA) is 274 Å². The Labute approximate surface area is 571 Å². The van der Waals surface area contributed by atoms with Crippen molar-refractivity contribution in [3.8, 4) is 0 Å². The predicted octanol–water partition coefficient (Wildman–Crippen LogP) is -6.49. The van der Waals surface area contributed by atoms with E-state index in [4.69, 9.17) is 104 Å². The first-order valence-corrected chi connectivity index (χ1v) is 33.0. The second-order valence-electron chi connectivity index (χ2n) is 19.7. The van der Waals surface area contributed by atoms with Crippen molar-refractivity contribution in [2.24, 2.45) is 0 Å². The molecule has 6 rings (SSSR count). The van der Waals surface area contributed by atoms with E-state index in [2.05, 4.69) is 36.4 Å². The summed E-state index contributed by atoms with van der Waals surface area (Å²) < 4.78 is 119. The Bertz CT molecular complexity index is 955. The van der Waals surface area contributed by atoms with E-state index in [9.17, 15) is 0 Å². The molecule has 0 unspecified atom stereocenters. The molecule has 6 saturated heterocycles. The van der Waals surface area contributed by atoms with Crippen molar-refractivity contribution >= 4 is 0 Å². The summed E-state index contributed by atoms with van der Waals surface area (Å²) in [5.74, 6) is 0. The second-order valence-corrected chi connectivity index (χ2v) is 19.7. The molecule has 0 radical (unpaired) electrons. The van der Waals surface area contributed by atoms with Gasteiger partial charge in [-0.3, -0.25) is 9.80 Å². The number of hydrogen-bond donors (Lipinski definition) is 3. The molecule has 6 aliphatic rings. The Kier molecular flexibility index (Phi) is 82.5. The third-order valence-electron chi connectivity index (χ3n) is 12.6. The van der Waals surface area contributed by atoms with Gasteiger partial charge in [-0.2, -0.15) is 0 Å². The Morgan fingerprint density at radius 2 is 0.297 bits per heavy atom. The molecule has 91 heavy (non-hydrogen) atoms. The van der Waals surface area contributed by atoms with E-state index in [0.717, 1.165) is 131 Å². The minimum atomic E-state index is 0. The Morgan fingerprint density at radius 3 is 0.484 bits per heavy atom. The van der Waals surface area contributed by atoms with Gasteiger partial charge < -0.3 is 131 Å². The van der Waals surface area contributed by atoms with E-state index in [0.29, 0.717) is 264 Å². The first-order chi connectivity index (χ1) is 44.4. The third-order valence-corrected chi connectivity index (χ3v) is 12.6. The van der Waals surface area contributed by atoms with Gasteiger partial charge in [0.1, 0.15) is 0 Å². The maximum Gasteiger partial charge on any atom is 1.00 e. The van der Waals surface area contributed by atoms with Crippen LogP contribution in [0.25, 0.3) is 10.6 Å². The molecule has 0 spiro atoms. The Balaban J connectivity index is 0.00000112. The number of hydrogen-bond acceptors (Lipinski definition) is 27. The molecular weight excluding hydrogens is 1180 g/mol. The van der Waals surface area contributed by atoms with E-state index < -0.39 is 0 Å². The summed E-state index contributed by atoms with van der Waals surface area (Å²) in [6, 6.07) is 0. The van der Waals surface area contributed by atoms with Gasteiger partial charge >= 0.3 is 37.7 Å². The Morgan fingerprint density at radius 1 is 0.154 bits per heavy atom. The largest absolute Gasteiger partial charge is 1.00 e. The normalized spacial score (nSPS) is 25.3.